The van der Waals surface area contributed by atoms with E-state index in [1.165, 1.54) is 25.2 Å². The van der Waals surface area contributed by atoms with Crippen molar-refractivity contribution in [3.8, 4) is 0 Å². The Bertz CT molecular complexity index is 814. The summed E-state index contributed by atoms with van der Waals surface area (Å²) < 4.78 is 28.1. The van der Waals surface area contributed by atoms with Gasteiger partial charge in [0.25, 0.3) is 10.0 Å². The summed E-state index contributed by atoms with van der Waals surface area (Å²) in [5.74, 6) is -1.38. The van der Waals surface area contributed by atoms with Gasteiger partial charge in [-0.1, -0.05) is 11.6 Å². The lowest BCUT2D eigenvalue weighted by Crippen LogP contribution is -2.18. The Hall–Kier alpha value is -2.06. The third-order valence-electron chi connectivity index (χ3n) is 2.83. The number of carboxylic acid groups (broad SMARTS) is 1. The van der Waals surface area contributed by atoms with Crippen molar-refractivity contribution in [3.05, 3.63) is 40.5 Å². The van der Waals surface area contributed by atoms with Gasteiger partial charge in [-0.25, -0.2) is 13.2 Å². The van der Waals surface area contributed by atoms with Crippen molar-refractivity contribution in [1.29, 1.82) is 0 Å². The fraction of sp³-hybridized carbons (Fsp3) is 0.167. The van der Waals surface area contributed by atoms with Gasteiger partial charge >= 0.3 is 5.97 Å². The first-order chi connectivity index (χ1) is 9.72. The van der Waals surface area contributed by atoms with E-state index < -0.39 is 16.0 Å². The first-order valence-electron chi connectivity index (χ1n) is 5.76. The molecule has 0 amide bonds. The standard InChI is InChI=1S/C12H12ClN3O4S/c1-7-5-8(13)3-4-10(7)21(19,20)15-11-9(12(17)18)6-14-16(11)2/h3-6,15H,1-2H3,(H,17,18). The lowest BCUT2D eigenvalue weighted by Gasteiger charge is -2.11. The number of aryl methyl sites for hydroxylation is 2. The zero-order valence-corrected chi connectivity index (χ0v) is 12.7. The Kier molecular flexibility index (Phi) is 3.93. The number of halogens is 1. The minimum atomic E-state index is -3.94. The van der Waals surface area contributed by atoms with Gasteiger partial charge in [0.15, 0.2) is 5.82 Å². The Morgan fingerprint density at radius 3 is 2.67 bits per heavy atom. The fourth-order valence-electron chi connectivity index (χ4n) is 1.81. The van der Waals surface area contributed by atoms with E-state index in [1.807, 2.05) is 0 Å². The molecule has 2 N–H and O–H groups in total. The summed E-state index contributed by atoms with van der Waals surface area (Å²) in [6, 6.07) is 4.32. The van der Waals surface area contributed by atoms with Gasteiger partial charge in [-0.15, -0.1) is 0 Å². The molecule has 2 aromatic rings. The third-order valence-corrected chi connectivity index (χ3v) is 4.56. The van der Waals surface area contributed by atoms with Crippen molar-refractivity contribution in [3.63, 3.8) is 0 Å². The van der Waals surface area contributed by atoms with E-state index in [9.17, 15) is 13.2 Å². The summed E-state index contributed by atoms with van der Waals surface area (Å²) in [6.45, 7) is 1.60. The maximum atomic E-state index is 12.4. The molecule has 0 aliphatic carbocycles. The van der Waals surface area contributed by atoms with Gasteiger partial charge in [-0.2, -0.15) is 5.10 Å². The average molecular weight is 330 g/mol. The van der Waals surface area contributed by atoms with E-state index in [4.69, 9.17) is 16.7 Å². The predicted molar refractivity (Wildman–Crippen MR) is 77.2 cm³/mol. The summed E-state index contributed by atoms with van der Waals surface area (Å²) in [7, 11) is -2.50. The number of nitrogens with one attached hydrogen (secondary N) is 1. The van der Waals surface area contributed by atoms with Crippen molar-refractivity contribution in [1.82, 2.24) is 9.78 Å². The molecular weight excluding hydrogens is 318 g/mol. The van der Waals surface area contributed by atoms with Crippen molar-refractivity contribution in [2.24, 2.45) is 7.05 Å². The number of hydrogen-bond donors (Lipinski definition) is 2. The smallest absolute Gasteiger partial charge is 0.341 e. The normalized spacial score (nSPS) is 11.4. The Balaban J connectivity index is 2.47. The van der Waals surface area contributed by atoms with Crippen LogP contribution in [0, 0.1) is 6.92 Å². The molecule has 0 spiro atoms. The molecule has 0 bridgehead atoms. The molecule has 7 nitrogen and oxygen atoms in total. The fourth-order valence-corrected chi connectivity index (χ4v) is 3.37. The first kappa shape index (κ1) is 15.3. The van der Waals surface area contributed by atoms with Crippen LogP contribution in [-0.2, 0) is 17.1 Å². The van der Waals surface area contributed by atoms with Crippen molar-refractivity contribution in [2.75, 3.05) is 4.72 Å². The molecule has 0 radical (unpaired) electrons. The molecule has 1 heterocycles. The molecule has 9 heteroatoms. The lowest BCUT2D eigenvalue weighted by molar-refractivity contribution is 0.0698. The monoisotopic (exact) mass is 329 g/mol. The summed E-state index contributed by atoms with van der Waals surface area (Å²) in [5.41, 5.74) is 0.224. The summed E-state index contributed by atoms with van der Waals surface area (Å²) in [5, 5.41) is 13.2. The molecule has 112 valence electrons. The number of sulfonamides is 1. The Labute approximate surface area is 126 Å². The SMILES string of the molecule is Cc1cc(Cl)ccc1S(=O)(=O)Nc1c(C(=O)O)cnn1C. The molecule has 2 rings (SSSR count). The maximum Gasteiger partial charge on any atom is 0.341 e. The number of anilines is 1. The van der Waals surface area contributed by atoms with Crippen LogP contribution in [0.3, 0.4) is 0 Å². The molecule has 21 heavy (non-hydrogen) atoms. The molecule has 0 saturated heterocycles. The second-order valence-electron chi connectivity index (χ2n) is 4.35. The number of aromatic nitrogens is 2. The highest BCUT2D eigenvalue weighted by Crippen LogP contribution is 2.23. The highest BCUT2D eigenvalue weighted by atomic mass is 35.5. The number of carboxylic acids is 1. The highest BCUT2D eigenvalue weighted by molar-refractivity contribution is 7.92. The van der Waals surface area contributed by atoms with Crippen molar-refractivity contribution < 1.29 is 18.3 Å². The second-order valence-corrected chi connectivity index (χ2v) is 6.44. The van der Waals surface area contributed by atoms with Gasteiger partial charge < -0.3 is 5.11 Å². The zero-order chi connectivity index (χ0) is 15.8. The van der Waals surface area contributed by atoms with E-state index in [1.54, 1.807) is 6.92 Å². The van der Waals surface area contributed by atoms with Crippen LogP contribution in [-0.4, -0.2) is 29.3 Å². The van der Waals surface area contributed by atoms with Gasteiger partial charge in [0.2, 0.25) is 0 Å². The Morgan fingerprint density at radius 2 is 2.10 bits per heavy atom. The molecule has 0 aliphatic heterocycles. The molecule has 1 aromatic heterocycles. The predicted octanol–water partition coefficient (Wildman–Crippen LogP) is 1.88. The summed E-state index contributed by atoms with van der Waals surface area (Å²) in [4.78, 5) is 11.1. The number of carbonyl (C=O) groups is 1. The molecule has 0 fully saturated rings. The first-order valence-corrected chi connectivity index (χ1v) is 7.63. The lowest BCUT2D eigenvalue weighted by atomic mass is 10.2. The van der Waals surface area contributed by atoms with Gasteiger partial charge in [0, 0.05) is 12.1 Å². The topological polar surface area (TPSA) is 101 Å². The number of nitrogens with zero attached hydrogens (tertiary/aromatic N) is 2. The van der Waals surface area contributed by atoms with Crippen molar-refractivity contribution in [2.45, 2.75) is 11.8 Å². The van der Waals surface area contributed by atoms with Crippen LogP contribution >= 0.6 is 11.6 Å². The van der Waals surface area contributed by atoms with Crippen LogP contribution in [0.4, 0.5) is 5.82 Å². The summed E-state index contributed by atoms with van der Waals surface area (Å²) >= 11 is 5.79. The van der Waals surface area contributed by atoms with Crippen LogP contribution in [0.25, 0.3) is 0 Å². The van der Waals surface area contributed by atoms with Gasteiger partial charge in [-0.3, -0.25) is 9.40 Å². The van der Waals surface area contributed by atoms with Crippen molar-refractivity contribution >= 4 is 33.4 Å². The average Bonchev–Trinajstić information content (AvgIpc) is 2.70. The van der Waals surface area contributed by atoms with Crippen LogP contribution in [0.2, 0.25) is 5.02 Å². The minimum absolute atomic E-state index is 0.0180. The van der Waals surface area contributed by atoms with Gasteiger partial charge in [-0.05, 0) is 30.7 Å². The highest BCUT2D eigenvalue weighted by Gasteiger charge is 2.23. The van der Waals surface area contributed by atoms with E-state index in [0.29, 0.717) is 10.6 Å². The number of benzene rings is 1. The Morgan fingerprint density at radius 1 is 1.43 bits per heavy atom. The van der Waals surface area contributed by atoms with E-state index >= 15 is 0 Å². The number of rotatable bonds is 4. The molecule has 0 saturated carbocycles. The second kappa shape index (κ2) is 5.38. The van der Waals surface area contributed by atoms with Gasteiger partial charge in [0.05, 0.1) is 11.1 Å². The van der Waals surface area contributed by atoms with E-state index in [-0.39, 0.29) is 16.3 Å². The molecule has 0 aliphatic rings. The third kappa shape index (κ3) is 3.01. The van der Waals surface area contributed by atoms with E-state index in [2.05, 4.69) is 9.82 Å². The quantitative estimate of drug-likeness (QED) is 0.891. The van der Waals surface area contributed by atoms with Crippen LogP contribution in [0.1, 0.15) is 15.9 Å². The molecule has 1 aromatic carbocycles. The van der Waals surface area contributed by atoms with Crippen LogP contribution < -0.4 is 4.72 Å². The van der Waals surface area contributed by atoms with E-state index in [0.717, 1.165) is 10.9 Å². The summed E-state index contributed by atoms with van der Waals surface area (Å²) in [6.07, 6.45) is 1.08. The maximum absolute atomic E-state index is 12.4. The minimum Gasteiger partial charge on any atom is -0.477 e. The molecule has 0 unspecified atom stereocenters. The molecule has 0 atom stereocenters. The van der Waals surface area contributed by atoms with Crippen LogP contribution in [0.15, 0.2) is 29.3 Å². The molecular formula is C12H12ClN3O4S. The largest absolute Gasteiger partial charge is 0.477 e. The zero-order valence-electron chi connectivity index (χ0n) is 11.2. The van der Waals surface area contributed by atoms with Gasteiger partial charge in [0.1, 0.15) is 5.56 Å². The number of aromatic carboxylic acids is 1. The van der Waals surface area contributed by atoms with Crippen LogP contribution in [0.5, 0.6) is 0 Å². The number of hydrogen-bond acceptors (Lipinski definition) is 4.